The van der Waals surface area contributed by atoms with Crippen LogP contribution in [0.1, 0.15) is 11.1 Å². The lowest BCUT2D eigenvalue weighted by Gasteiger charge is -2.12. The van der Waals surface area contributed by atoms with Gasteiger partial charge in [-0.3, -0.25) is 0 Å². The molecule has 2 aromatic rings. The van der Waals surface area contributed by atoms with Crippen molar-refractivity contribution < 1.29 is 9.13 Å². The summed E-state index contributed by atoms with van der Waals surface area (Å²) in [5.41, 5.74) is 7.36. The highest BCUT2D eigenvalue weighted by atomic mass is 19.1. The largest absolute Gasteiger partial charge is 0.457 e. The fraction of sp³-hybridized carbons (Fsp3) is 0.200. The fourth-order valence-corrected chi connectivity index (χ4v) is 1.79. The van der Waals surface area contributed by atoms with E-state index in [1.807, 2.05) is 31.2 Å². The summed E-state index contributed by atoms with van der Waals surface area (Å²) in [4.78, 5) is 0. The zero-order chi connectivity index (χ0) is 13.0. The molecule has 0 aliphatic carbocycles. The zero-order valence-corrected chi connectivity index (χ0v) is 10.3. The number of ether oxygens (including phenoxy) is 1. The van der Waals surface area contributed by atoms with Crippen molar-refractivity contribution in [2.24, 2.45) is 5.73 Å². The van der Waals surface area contributed by atoms with Crippen LogP contribution in [0.5, 0.6) is 11.5 Å². The predicted molar refractivity (Wildman–Crippen MR) is 70.4 cm³/mol. The van der Waals surface area contributed by atoms with Gasteiger partial charge in [-0.05, 0) is 55.3 Å². The number of para-hydroxylation sites is 1. The molecule has 0 spiro atoms. The van der Waals surface area contributed by atoms with Crippen LogP contribution in [-0.2, 0) is 6.42 Å². The molecule has 2 nitrogen and oxygen atoms in total. The Labute approximate surface area is 106 Å². The molecule has 0 atom stereocenters. The quantitative estimate of drug-likeness (QED) is 0.895. The molecule has 2 aromatic carbocycles. The van der Waals surface area contributed by atoms with Crippen molar-refractivity contribution in [3.8, 4) is 11.5 Å². The lowest BCUT2D eigenvalue weighted by Crippen LogP contribution is -2.04. The van der Waals surface area contributed by atoms with E-state index in [-0.39, 0.29) is 5.82 Å². The van der Waals surface area contributed by atoms with E-state index in [0.29, 0.717) is 18.7 Å². The molecular formula is C15H16FNO. The SMILES string of the molecule is Cc1ccccc1Oc1ccc(F)cc1CCN. The van der Waals surface area contributed by atoms with Crippen LogP contribution in [0.15, 0.2) is 42.5 Å². The van der Waals surface area contributed by atoms with Crippen LogP contribution in [0.3, 0.4) is 0 Å². The van der Waals surface area contributed by atoms with Crippen LogP contribution in [0, 0.1) is 12.7 Å². The van der Waals surface area contributed by atoms with E-state index in [0.717, 1.165) is 16.9 Å². The molecule has 0 fully saturated rings. The lowest BCUT2D eigenvalue weighted by molar-refractivity contribution is 0.470. The van der Waals surface area contributed by atoms with Gasteiger partial charge in [0.2, 0.25) is 0 Å². The Bertz CT molecular complexity index is 540. The van der Waals surface area contributed by atoms with E-state index in [9.17, 15) is 4.39 Å². The minimum Gasteiger partial charge on any atom is -0.457 e. The second-order valence-electron chi connectivity index (χ2n) is 4.16. The van der Waals surface area contributed by atoms with Crippen LogP contribution in [0.2, 0.25) is 0 Å². The highest BCUT2D eigenvalue weighted by Crippen LogP contribution is 2.28. The molecule has 0 amide bonds. The van der Waals surface area contributed by atoms with E-state index in [1.54, 1.807) is 6.07 Å². The Morgan fingerprint density at radius 1 is 1.11 bits per heavy atom. The Balaban J connectivity index is 2.31. The third-order valence-corrected chi connectivity index (χ3v) is 2.75. The van der Waals surface area contributed by atoms with E-state index < -0.39 is 0 Å². The fourth-order valence-electron chi connectivity index (χ4n) is 1.79. The summed E-state index contributed by atoms with van der Waals surface area (Å²) in [7, 11) is 0. The minimum atomic E-state index is -0.268. The summed E-state index contributed by atoms with van der Waals surface area (Å²) in [5, 5.41) is 0. The molecule has 2 rings (SSSR count). The summed E-state index contributed by atoms with van der Waals surface area (Å²) in [6.07, 6.45) is 0.596. The van der Waals surface area contributed by atoms with Gasteiger partial charge in [0, 0.05) is 0 Å². The molecule has 0 bridgehead atoms. The number of rotatable bonds is 4. The molecule has 0 aliphatic rings. The standard InChI is InChI=1S/C15H16FNO/c1-11-4-2-3-5-14(11)18-15-7-6-13(16)10-12(15)8-9-17/h2-7,10H,8-9,17H2,1H3. The first-order chi connectivity index (χ1) is 8.70. The van der Waals surface area contributed by atoms with Gasteiger partial charge < -0.3 is 10.5 Å². The molecule has 0 aliphatic heterocycles. The maximum atomic E-state index is 13.2. The number of aryl methyl sites for hydroxylation is 1. The van der Waals surface area contributed by atoms with Crippen molar-refractivity contribution in [3.05, 3.63) is 59.4 Å². The first kappa shape index (κ1) is 12.6. The molecule has 94 valence electrons. The molecular weight excluding hydrogens is 229 g/mol. The third-order valence-electron chi connectivity index (χ3n) is 2.75. The van der Waals surface area contributed by atoms with Crippen LogP contribution >= 0.6 is 0 Å². The number of hydrogen-bond donors (Lipinski definition) is 1. The summed E-state index contributed by atoms with van der Waals surface area (Å²) < 4.78 is 19.0. The highest BCUT2D eigenvalue weighted by molar-refractivity contribution is 5.41. The predicted octanol–water partition coefficient (Wildman–Crippen LogP) is 3.43. The molecule has 0 heterocycles. The van der Waals surface area contributed by atoms with Crippen molar-refractivity contribution in [2.75, 3.05) is 6.54 Å². The summed E-state index contributed by atoms with van der Waals surface area (Å²) in [5.74, 6) is 1.18. The van der Waals surface area contributed by atoms with Crippen molar-refractivity contribution in [2.45, 2.75) is 13.3 Å². The molecule has 2 N–H and O–H groups in total. The molecule has 0 aromatic heterocycles. The summed E-state index contributed by atoms with van der Waals surface area (Å²) >= 11 is 0. The number of hydrogen-bond acceptors (Lipinski definition) is 2. The van der Waals surface area contributed by atoms with E-state index >= 15 is 0 Å². The van der Waals surface area contributed by atoms with Gasteiger partial charge in [0.05, 0.1) is 0 Å². The molecule has 3 heteroatoms. The lowest BCUT2D eigenvalue weighted by atomic mass is 10.1. The minimum absolute atomic E-state index is 0.268. The second kappa shape index (κ2) is 5.65. The van der Waals surface area contributed by atoms with Gasteiger partial charge in [0.15, 0.2) is 0 Å². The van der Waals surface area contributed by atoms with Crippen molar-refractivity contribution >= 4 is 0 Å². The Morgan fingerprint density at radius 3 is 2.61 bits per heavy atom. The number of benzene rings is 2. The Hall–Kier alpha value is -1.87. The average Bonchev–Trinajstić information content (AvgIpc) is 2.35. The topological polar surface area (TPSA) is 35.2 Å². The van der Waals surface area contributed by atoms with Crippen LogP contribution in [0.4, 0.5) is 4.39 Å². The monoisotopic (exact) mass is 245 g/mol. The summed E-state index contributed by atoms with van der Waals surface area (Å²) in [6, 6.07) is 12.2. The maximum absolute atomic E-state index is 13.2. The van der Waals surface area contributed by atoms with Crippen LogP contribution < -0.4 is 10.5 Å². The summed E-state index contributed by atoms with van der Waals surface area (Å²) in [6.45, 7) is 2.44. The van der Waals surface area contributed by atoms with E-state index in [2.05, 4.69) is 0 Å². The van der Waals surface area contributed by atoms with E-state index in [4.69, 9.17) is 10.5 Å². The van der Waals surface area contributed by atoms with Crippen molar-refractivity contribution in [1.82, 2.24) is 0 Å². The van der Waals surface area contributed by atoms with Crippen molar-refractivity contribution in [1.29, 1.82) is 0 Å². The van der Waals surface area contributed by atoms with Crippen LogP contribution in [-0.4, -0.2) is 6.54 Å². The Kier molecular flexibility index (Phi) is 3.95. The van der Waals surface area contributed by atoms with Gasteiger partial charge in [0.1, 0.15) is 17.3 Å². The molecule has 0 saturated heterocycles. The molecule has 0 unspecified atom stereocenters. The van der Waals surface area contributed by atoms with E-state index in [1.165, 1.54) is 12.1 Å². The van der Waals surface area contributed by atoms with Gasteiger partial charge >= 0.3 is 0 Å². The van der Waals surface area contributed by atoms with Gasteiger partial charge in [-0.1, -0.05) is 18.2 Å². The van der Waals surface area contributed by atoms with Crippen molar-refractivity contribution in [3.63, 3.8) is 0 Å². The smallest absolute Gasteiger partial charge is 0.130 e. The number of halogens is 1. The van der Waals surface area contributed by atoms with Gasteiger partial charge in [-0.15, -0.1) is 0 Å². The van der Waals surface area contributed by atoms with Gasteiger partial charge in [0.25, 0.3) is 0 Å². The number of nitrogens with two attached hydrogens (primary N) is 1. The molecule has 0 saturated carbocycles. The molecule has 0 radical (unpaired) electrons. The van der Waals surface area contributed by atoms with Gasteiger partial charge in [-0.2, -0.15) is 0 Å². The maximum Gasteiger partial charge on any atom is 0.130 e. The normalized spacial score (nSPS) is 10.4. The average molecular weight is 245 g/mol. The first-order valence-corrected chi connectivity index (χ1v) is 5.92. The Morgan fingerprint density at radius 2 is 1.89 bits per heavy atom. The second-order valence-corrected chi connectivity index (χ2v) is 4.16. The molecule has 18 heavy (non-hydrogen) atoms. The highest BCUT2D eigenvalue weighted by Gasteiger charge is 2.07. The van der Waals surface area contributed by atoms with Gasteiger partial charge in [-0.25, -0.2) is 4.39 Å². The zero-order valence-electron chi connectivity index (χ0n) is 10.3. The first-order valence-electron chi connectivity index (χ1n) is 5.92. The third kappa shape index (κ3) is 2.87. The van der Waals surface area contributed by atoms with Crippen LogP contribution in [0.25, 0.3) is 0 Å².